The number of nitrogens with zero attached hydrogens (tertiary/aromatic N) is 2. The SMILES string of the molecule is Cc1ccnc(-c2cccc3c2oc2nc(Cc4ccccc4)ccc23)c1. The van der Waals surface area contributed by atoms with E-state index in [0.29, 0.717) is 5.71 Å². The normalized spacial score (nSPS) is 11.3. The number of aromatic nitrogens is 2. The Morgan fingerprint density at radius 1 is 0.852 bits per heavy atom. The molecule has 2 aromatic carbocycles. The number of fused-ring (bicyclic) bond motifs is 3. The summed E-state index contributed by atoms with van der Waals surface area (Å²) in [6, 6.07) is 24.8. The zero-order valence-electron chi connectivity index (χ0n) is 15.0. The molecule has 0 N–H and O–H groups in total. The highest BCUT2D eigenvalue weighted by atomic mass is 16.3. The number of furan rings is 1. The predicted octanol–water partition coefficient (Wildman–Crippen LogP) is 5.94. The number of para-hydroxylation sites is 1. The fourth-order valence-corrected chi connectivity index (χ4v) is 3.51. The molecule has 0 radical (unpaired) electrons. The molecule has 0 aliphatic carbocycles. The first kappa shape index (κ1) is 15.8. The molecule has 5 rings (SSSR count). The van der Waals surface area contributed by atoms with Crippen LogP contribution in [0.1, 0.15) is 16.8 Å². The van der Waals surface area contributed by atoms with E-state index in [-0.39, 0.29) is 0 Å². The molecule has 0 aliphatic rings. The maximum Gasteiger partial charge on any atom is 0.227 e. The lowest BCUT2D eigenvalue weighted by atomic mass is 10.1. The van der Waals surface area contributed by atoms with Crippen molar-refractivity contribution in [2.75, 3.05) is 0 Å². The van der Waals surface area contributed by atoms with Gasteiger partial charge in [-0.1, -0.05) is 42.5 Å². The minimum absolute atomic E-state index is 0.679. The quantitative estimate of drug-likeness (QED) is 0.404. The van der Waals surface area contributed by atoms with Crippen LogP contribution in [0.15, 0.2) is 83.4 Å². The molecule has 0 bridgehead atoms. The Balaban J connectivity index is 1.64. The minimum Gasteiger partial charge on any atom is -0.437 e. The van der Waals surface area contributed by atoms with Crippen LogP contribution < -0.4 is 0 Å². The summed E-state index contributed by atoms with van der Waals surface area (Å²) in [6.07, 6.45) is 2.63. The van der Waals surface area contributed by atoms with Gasteiger partial charge in [-0.25, -0.2) is 4.98 Å². The van der Waals surface area contributed by atoms with Gasteiger partial charge in [0.05, 0.1) is 5.69 Å². The maximum absolute atomic E-state index is 6.21. The van der Waals surface area contributed by atoms with Crippen LogP contribution in [0.2, 0.25) is 0 Å². The molecule has 0 spiro atoms. The van der Waals surface area contributed by atoms with Crippen molar-refractivity contribution >= 4 is 22.1 Å². The van der Waals surface area contributed by atoms with Crippen molar-refractivity contribution in [1.29, 1.82) is 0 Å². The lowest BCUT2D eigenvalue weighted by Gasteiger charge is -2.02. The van der Waals surface area contributed by atoms with Gasteiger partial charge < -0.3 is 4.42 Å². The van der Waals surface area contributed by atoms with E-state index in [1.165, 1.54) is 11.1 Å². The number of hydrogen-bond donors (Lipinski definition) is 0. The second-order valence-corrected chi connectivity index (χ2v) is 6.82. The van der Waals surface area contributed by atoms with Crippen molar-refractivity contribution in [3.05, 3.63) is 95.8 Å². The molecule has 3 heteroatoms. The molecule has 3 nitrogen and oxygen atoms in total. The molecule has 3 aromatic heterocycles. The third-order valence-electron chi connectivity index (χ3n) is 4.84. The molecule has 130 valence electrons. The van der Waals surface area contributed by atoms with Gasteiger partial charge in [0.25, 0.3) is 0 Å². The summed E-state index contributed by atoms with van der Waals surface area (Å²) in [5.41, 5.74) is 6.86. The van der Waals surface area contributed by atoms with E-state index >= 15 is 0 Å². The van der Waals surface area contributed by atoms with Gasteiger partial charge in [0.1, 0.15) is 5.58 Å². The summed E-state index contributed by atoms with van der Waals surface area (Å²) in [4.78, 5) is 9.30. The summed E-state index contributed by atoms with van der Waals surface area (Å²) >= 11 is 0. The molecule has 0 saturated carbocycles. The van der Waals surface area contributed by atoms with E-state index in [1.54, 1.807) is 0 Å². The van der Waals surface area contributed by atoms with Crippen LogP contribution in [0.4, 0.5) is 0 Å². The number of pyridine rings is 2. The number of rotatable bonds is 3. The monoisotopic (exact) mass is 350 g/mol. The molecule has 0 aliphatic heterocycles. The third-order valence-corrected chi connectivity index (χ3v) is 4.84. The molecular formula is C24H18N2O. The molecule has 0 saturated heterocycles. The first-order valence-corrected chi connectivity index (χ1v) is 9.06. The summed E-state index contributed by atoms with van der Waals surface area (Å²) in [7, 11) is 0. The zero-order chi connectivity index (χ0) is 18.2. The molecule has 0 atom stereocenters. The van der Waals surface area contributed by atoms with Crippen molar-refractivity contribution < 1.29 is 4.42 Å². The van der Waals surface area contributed by atoms with E-state index in [2.05, 4.69) is 72.6 Å². The Kier molecular flexibility index (Phi) is 3.72. The van der Waals surface area contributed by atoms with Gasteiger partial charge in [-0.2, -0.15) is 0 Å². The van der Waals surface area contributed by atoms with Gasteiger partial charge in [-0.15, -0.1) is 0 Å². The highest BCUT2D eigenvalue weighted by Crippen LogP contribution is 2.34. The highest BCUT2D eigenvalue weighted by molar-refractivity contribution is 6.08. The molecule has 27 heavy (non-hydrogen) atoms. The molecule has 3 heterocycles. The first-order chi connectivity index (χ1) is 13.3. The van der Waals surface area contributed by atoms with E-state index in [1.807, 2.05) is 18.3 Å². The average molecular weight is 350 g/mol. The van der Waals surface area contributed by atoms with Crippen molar-refractivity contribution in [1.82, 2.24) is 9.97 Å². The zero-order valence-corrected chi connectivity index (χ0v) is 15.0. The fraction of sp³-hybridized carbons (Fsp3) is 0.0833. The Morgan fingerprint density at radius 3 is 2.59 bits per heavy atom. The number of aryl methyl sites for hydroxylation is 1. The van der Waals surface area contributed by atoms with Gasteiger partial charge >= 0.3 is 0 Å². The van der Waals surface area contributed by atoms with Crippen LogP contribution in [0, 0.1) is 6.92 Å². The topological polar surface area (TPSA) is 38.9 Å². The van der Waals surface area contributed by atoms with Crippen molar-refractivity contribution in [2.45, 2.75) is 13.3 Å². The van der Waals surface area contributed by atoms with Gasteiger partial charge in [-0.05, 0) is 48.4 Å². The molecule has 0 amide bonds. The number of hydrogen-bond acceptors (Lipinski definition) is 3. The summed E-state index contributed by atoms with van der Waals surface area (Å²) in [6.45, 7) is 2.07. The molecule has 0 unspecified atom stereocenters. The van der Waals surface area contributed by atoms with Gasteiger partial charge in [0, 0.05) is 34.6 Å². The van der Waals surface area contributed by atoms with Crippen LogP contribution in [0.5, 0.6) is 0 Å². The fourth-order valence-electron chi connectivity index (χ4n) is 3.51. The minimum atomic E-state index is 0.679. The number of benzene rings is 2. The second kappa shape index (κ2) is 6.36. The Morgan fingerprint density at radius 2 is 1.74 bits per heavy atom. The summed E-state index contributed by atoms with van der Waals surface area (Å²) in [5.74, 6) is 0. The average Bonchev–Trinajstić information content (AvgIpc) is 3.06. The Bertz CT molecular complexity index is 1260. The van der Waals surface area contributed by atoms with Gasteiger partial charge in [0.15, 0.2) is 0 Å². The maximum atomic E-state index is 6.21. The van der Waals surface area contributed by atoms with E-state index in [4.69, 9.17) is 9.40 Å². The Hall–Kier alpha value is -3.46. The van der Waals surface area contributed by atoms with Crippen LogP contribution in [0.3, 0.4) is 0 Å². The largest absolute Gasteiger partial charge is 0.437 e. The van der Waals surface area contributed by atoms with E-state index in [0.717, 1.165) is 39.7 Å². The first-order valence-electron chi connectivity index (χ1n) is 9.06. The lowest BCUT2D eigenvalue weighted by Crippen LogP contribution is -1.91. The molecular weight excluding hydrogens is 332 g/mol. The van der Waals surface area contributed by atoms with Gasteiger partial charge in [-0.3, -0.25) is 4.98 Å². The predicted molar refractivity (Wildman–Crippen MR) is 109 cm³/mol. The molecule has 0 fully saturated rings. The van der Waals surface area contributed by atoms with Crippen LogP contribution in [0.25, 0.3) is 33.3 Å². The van der Waals surface area contributed by atoms with E-state index < -0.39 is 0 Å². The van der Waals surface area contributed by atoms with Crippen LogP contribution in [-0.2, 0) is 6.42 Å². The summed E-state index contributed by atoms with van der Waals surface area (Å²) in [5, 5.41) is 2.11. The van der Waals surface area contributed by atoms with Gasteiger partial charge in [0.2, 0.25) is 5.71 Å². The summed E-state index contributed by atoms with van der Waals surface area (Å²) < 4.78 is 6.21. The van der Waals surface area contributed by atoms with E-state index in [9.17, 15) is 0 Å². The lowest BCUT2D eigenvalue weighted by molar-refractivity contribution is 0.652. The van der Waals surface area contributed by atoms with Crippen LogP contribution in [-0.4, -0.2) is 9.97 Å². The van der Waals surface area contributed by atoms with Crippen LogP contribution >= 0.6 is 0 Å². The standard InChI is InChI=1S/C24H18N2O/c1-16-12-13-25-22(14-16)21-9-5-8-19-20-11-10-18(26-24(20)27-23(19)21)15-17-6-3-2-4-7-17/h2-14H,15H2,1H3. The van der Waals surface area contributed by atoms with Crippen molar-refractivity contribution in [2.24, 2.45) is 0 Å². The van der Waals surface area contributed by atoms with Crippen molar-refractivity contribution in [3.63, 3.8) is 0 Å². The molecule has 5 aromatic rings. The smallest absolute Gasteiger partial charge is 0.227 e. The third kappa shape index (κ3) is 2.87. The van der Waals surface area contributed by atoms with Crippen molar-refractivity contribution in [3.8, 4) is 11.3 Å². The highest BCUT2D eigenvalue weighted by Gasteiger charge is 2.14. The second-order valence-electron chi connectivity index (χ2n) is 6.82. The Labute approximate surface area is 157 Å².